The maximum atomic E-state index is 13.3. The predicted octanol–water partition coefficient (Wildman–Crippen LogP) is 6.07. The molecule has 3 aromatic carbocycles. The van der Waals surface area contributed by atoms with E-state index in [1.807, 2.05) is 68.4 Å². The first-order valence-electron chi connectivity index (χ1n) is 13.5. The van der Waals surface area contributed by atoms with Crippen molar-refractivity contribution in [2.75, 3.05) is 27.2 Å². The molecule has 204 valence electrons. The largest absolute Gasteiger partial charge is 0.507 e. The molecule has 1 amide bonds. The lowest BCUT2D eigenvalue weighted by atomic mass is 9.93. The van der Waals surface area contributed by atoms with Gasteiger partial charge in [0.05, 0.1) is 11.6 Å². The van der Waals surface area contributed by atoms with Crippen LogP contribution in [0, 0.1) is 6.92 Å². The molecule has 0 aromatic heterocycles. The molecule has 0 saturated carbocycles. The molecule has 1 heterocycles. The van der Waals surface area contributed by atoms with Crippen molar-refractivity contribution >= 4 is 17.4 Å². The van der Waals surface area contributed by atoms with Gasteiger partial charge in [0.1, 0.15) is 18.1 Å². The third kappa shape index (κ3) is 6.58. The van der Waals surface area contributed by atoms with Gasteiger partial charge in [-0.25, -0.2) is 0 Å². The average molecular weight is 527 g/mol. The second-order valence-corrected chi connectivity index (χ2v) is 10.8. The Balaban J connectivity index is 1.64. The van der Waals surface area contributed by atoms with Crippen molar-refractivity contribution in [3.63, 3.8) is 0 Å². The quantitative estimate of drug-likeness (QED) is 0.197. The lowest BCUT2D eigenvalue weighted by molar-refractivity contribution is -0.139. The number of likely N-dealkylation sites (tertiary alicyclic amines) is 1. The van der Waals surface area contributed by atoms with Gasteiger partial charge in [0.2, 0.25) is 0 Å². The van der Waals surface area contributed by atoms with Gasteiger partial charge in [-0.1, -0.05) is 67.9 Å². The van der Waals surface area contributed by atoms with Gasteiger partial charge in [-0.2, -0.15) is 0 Å². The monoisotopic (exact) mass is 526 g/mol. The van der Waals surface area contributed by atoms with Crippen LogP contribution < -0.4 is 4.74 Å². The number of Topliss-reactive ketones (excluding diaryl/α,β-unsaturated/α-hetero) is 1. The van der Waals surface area contributed by atoms with Gasteiger partial charge in [-0.3, -0.25) is 9.59 Å². The van der Waals surface area contributed by atoms with Crippen molar-refractivity contribution < 1.29 is 19.4 Å². The van der Waals surface area contributed by atoms with E-state index in [4.69, 9.17) is 4.74 Å². The Morgan fingerprint density at radius 2 is 1.69 bits per heavy atom. The minimum Gasteiger partial charge on any atom is -0.507 e. The Morgan fingerprint density at radius 3 is 2.31 bits per heavy atom. The number of benzene rings is 3. The van der Waals surface area contributed by atoms with Gasteiger partial charge in [-0.05, 0) is 80.9 Å². The number of aliphatic hydroxyl groups excluding tert-OH is 1. The van der Waals surface area contributed by atoms with E-state index < -0.39 is 17.7 Å². The highest BCUT2D eigenvalue weighted by atomic mass is 16.5. The predicted molar refractivity (Wildman–Crippen MR) is 155 cm³/mol. The van der Waals surface area contributed by atoms with Crippen molar-refractivity contribution in [3.05, 3.63) is 106 Å². The van der Waals surface area contributed by atoms with Crippen molar-refractivity contribution in [2.24, 2.45) is 0 Å². The molecule has 6 nitrogen and oxygen atoms in total. The van der Waals surface area contributed by atoms with Crippen LogP contribution in [0.4, 0.5) is 0 Å². The zero-order valence-electron chi connectivity index (χ0n) is 23.5. The molecular weight excluding hydrogens is 488 g/mol. The van der Waals surface area contributed by atoms with E-state index in [2.05, 4.69) is 19.9 Å². The number of hydrogen-bond acceptors (Lipinski definition) is 5. The van der Waals surface area contributed by atoms with Crippen LogP contribution in [0.15, 0.2) is 78.4 Å². The Hall–Kier alpha value is -3.90. The van der Waals surface area contributed by atoms with Gasteiger partial charge in [0, 0.05) is 12.1 Å². The molecule has 1 atom stereocenters. The number of amides is 1. The topological polar surface area (TPSA) is 70.1 Å². The summed E-state index contributed by atoms with van der Waals surface area (Å²) in [7, 11) is 3.95. The average Bonchev–Trinajstić information content (AvgIpc) is 3.17. The second kappa shape index (κ2) is 12.3. The van der Waals surface area contributed by atoms with Crippen LogP contribution >= 0.6 is 0 Å². The highest BCUT2D eigenvalue weighted by Gasteiger charge is 2.45. The van der Waals surface area contributed by atoms with E-state index in [1.54, 1.807) is 29.2 Å². The van der Waals surface area contributed by atoms with Gasteiger partial charge < -0.3 is 19.6 Å². The summed E-state index contributed by atoms with van der Waals surface area (Å²) in [4.78, 5) is 30.1. The van der Waals surface area contributed by atoms with Crippen molar-refractivity contribution in [1.82, 2.24) is 9.80 Å². The standard InChI is InChI=1S/C33H38N2O4/c1-22(2)25-10-12-26(13-11-25)30-29(32(37)33(38)35(30)19-7-18-34(4)5)31(36)27-14-16-28(17-15-27)39-21-24-9-6-8-23(3)20-24/h6,8-17,20,22,30,36H,7,18-19,21H2,1-5H3/b31-29-. The number of carbonyl (C=O) groups is 2. The van der Waals surface area contributed by atoms with E-state index in [9.17, 15) is 14.7 Å². The SMILES string of the molecule is Cc1cccc(COc2ccc(/C(O)=C3/C(=O)C(=O)N(CCCN(C)C)C3c3ccc(C(C)C)cc3)cc2)c1. The van der Waals surface area contributed by atoms with E-state index in [1.165, 1.54) is 11.1 Å². The summed E-state index contributed by atoms with van der Waals surface area (Å²) in [6, 6.07) is 22.4. The lowest BCUT2D eigenvalue weighted by Crippen LogP contribution is -2.32. The highest BCUT2D eigenvalue weighted by molar-refractivity contribution is 6.46. The Labute approximate surface area is 231 Å². The number of ketones is 1. The number of aliphatic hydroxyl groups is 1. The zero-order chi connectivity index (χ0) is 28.1. The van der Waals surface area contributed by atoms with Crippen molar-refractivity contribution in [2.45, 2.75) is 45.8 Å². The van der Waals surface area contributed by atoms with Crippen LogP contribution in [0.3, 0.4) is 0 Å². The minimum absolute atomic E-state index is 0.121. The number of ether oxygens (including phenoxy) is 1. The minimum atomic E-state index is -0.657. The summed E-state index contributed by atoms with van der Waals surface area (Å²) < 4.78 is 5.92. The fourth-order valence-corrected chi connectivity index (χ4v) is 4.91. The summed E-state index contributed by atoms with van der Waals surface area (Å²) in [6.45, 7) is 7.91. The summed E-state index contributed by atoms with van der Waals surface area (Å²) in [6.07, 6.45) is 0.716. The summed E-state index contributed by atoms with van der Waals surface area (Å²) in [5.41, 5.74) is 4.80. The first-order valence-corrected chi connectivity index (χ1v) is 13.5. The van der Waals surface area contributed by atoms with E-state index in [-0.39, 0.29) is 11.3 Å². The molecule has 1 fully saturated rings. The molecule has 1 N–H and O–H groups in total. The van der Waals surface area contributed by atoms with E-state index in [0.29, 0.717) is 36.8 Å². The van der Waals surface area contributed by atoms with Crippen LogP contribution in [0.2, 0.25) is 0 Å². The van der Waals surface area contributed by atoms with E-state index >= 15 is 0 Å². The van der Waals surface area contributed by atoms with Crippen LogP contribution in [0.25, 0.3) is 5.76 Å². The molecule has 1 unspecified atom stereocenters. The van der Waals surface area contributed by atoms with Gasteiger partial charge in [0.15, 0.2) is 0 Å². The maximum Gasteiger partial charge on any atom is 0.295 e. The van der Waals surface area contributed by atoms with Gasteiger partial charge in [0.25, 0.3) is 11.7 Å². The number of carbonyl (C=O) groups excluding carboxylic acids is 2. The fraction of sp³-hybridized carbons (Fsp3) is 0.333. The molecule has 1 aliphatic heterocycles. The van der Waals surface area contributed by atoms with Gasteiger partial charge >= 0.3 is 0 Å². The molecule has 0 bridgehead atoms. The molecular formula is C33H38N2O4. The molecule has 0 spiro atoms. The molecule has 3 aromatic rings. The third-order valence-corrected chi connectivity index (χ3v) is 7.08. The summed E-state index contributed by atoms with van der Waals surface area (Å²) in [5.74, 6) is -0.400. The number of hydrogen-bond donors (Lipinski definition) is 1. The molecule has 1 saturated heterocycles. The van der Waals surface area contributed by atoms with Crippen LogP contribution in [-0.2, 0) is 16.2 Å². The number of rotatable bonds is 10. The fourth-order valence-electron chi connectivity index (χ4n) is 4.91. The molecule has 0 radical (unpaired) electrons. The lowest BCUT2D eigenvalue weighted by Gasteiger charge is -2.26. The normalized spacial score (nSPS) is 16.9. The number of nitrogens with zero attached hydrogens (tertiary/aromatic N) is 2. The summed E-state index contributed by atoms with van der Waals surface area (Å²) in [5, 5.41) is 11.4. The number of aryl methyl sites for hydroxylation is 1. The first kappa shape index (κ1) is 28.1. The van der Waals surface area contributed by atoms with Crippen molar-refractivity contribution in [1.29, 1.82) is 0 Å². The Morgan fingerprint density at radius 1 is 1.00 bits per heavy atom. The van der Waals surface area contributed by atoms with Gasteiger partial charge in [-0.15, -0.1) is 0 Å². The van der Waals surface area contributed by atoms with Crippen molar-refractivity contribution in [3.8, 4) is 5.75 Å². The van der Waals surface area contributed by atoms with Crippen LogP contribution in [0.5, 0.6) is 5.75 Å². The van der Waals surface area contributed by atoms with Crippen LogP contribution in [0.1, 0.15) is 60.0 Å². The Bertz CT molecular complexity index is 1340. The third-order valence-electron chi connectivity index (χ3n) is 7.08. The summed E-state index contributed by atoms with van der Waals surface area (Å²) >= 11 is 0. The van der Waals surface area contributed by atoms with E-state index in [0.717, 1.165) is 17.7 Å². The molecule has 0 aliphatic carbocycles. The first-order chi connectivity index (χ1) is 18.7. The Kier molecular flexibility index (Phi) is 8.87. The molecule has 4 rings (SSSR count). The van der Waals surface area contributed by atoms with Crippen LogP contribution in [-0.4, -0.2) is 53.8 Å². The smallest absolute Gasteiger partial charge is 0.295 e. The zero-order valence-corrected chi connectivity index (χ0v) is 23.5. The molecule has 1 aliphatic rings. The maximum absolute atomic E-state index is 13.3. The second-order valence-electron chi connectivity index (χ2n) is 10.8. The molecule has 6 heteroatoms. The highest BCUT2D eigenvalue weighted by Crippen LogP contribution is 2.40. The molecule has 39 heavy (non-hydrogen) atoms.